The van der Waals surface area contributed by atoms with Gasteiger partial charge in [0.25, 0.3) is 0 Å². The highest BCUT2D eigenvalue weighted by Gasteiger charge is 2.22. The van der Waals surface area contributed by atoms with Gasteiger partial charge in [0.15, 0.2) is 17.3 Å². The largest absolute Gasteiger partial charge is 0.486 e. The van der Waals surface area contributed by atoms with Crippen LogP contribution in [0.15, 0.2) is 41.0 Å². The van der Waals surface area contributed by atoms with Crippen LogP contribution in [0.1, 0.15) is 16.1 Å². The van der Waals surface area contributed by atoms with E-state index in [0.29, 0.717) is 36.0 Å². The lowest BCUT2D eigenvalue weighted by atomic mass is 10.1. The van der Waals surface area contributed by atoms with Crippen LogP contribution in [0.2, 0.25) is 0 Å². The molecule has 17 heavy (non-hydrogen) atoms. The number of carbonyl (C=O) groups is 1. The van der Waals surface area contributed by atoms with E-state index in [1.54, 1.807) is 30.3 Å². The Bertz CT molecular complexity index is 543. The Morgan fingerprint density at radius 3 is 2.76 bits per heavy atom. The summed E-state index contributed by atoms with van der Waals surface area (Å²) in [6.45, 7) is 0.959. The van der Waals surface area contributed by atoms with E-state index < -0.39 is 0 Å². The number of benzene rings is 1. The molecule has 0 fully saturated rings. The highest BCUT2D eigenvalue weighted by molar-refractivity contribution is 6.09. The van der Waals surface area contributed by atoms with Crippen LogP contribution in [0.3, 0.4) is 0 Å². The Balaban J connectivity index is 2.06. The molecule has 0 amide bonds. The molecule has 1 aliphatic rings. The lowest BCUT2D eigenvalue weighted by Gasteiger charge is -2.20. The lowest BCUT2D eigenvalue weighted by Crippen LogP contribution is -2.17. The van der Waals surface area contributed by atoms with Gasteiger partial charge in [-0.1, -0.05) is 6.07 Å². The molecule has 0 N–H and O–H groups in total. The summed E-state index contributed by atoms with van der Waals surface area (Å²) in [5, 5.41) is 0. The van der Waals surface area contributed by atoms with E-state index in [9.17, 15) is 4.79 Å². The van der Waals surface area contributed by atoms with Gasteiger partial charge in [0.1, 0.15) is 13.2 Å². The standard InChI is InChI=1S/C13H10O4/c14-12(10-5-2-6-15-10)9-3-1-4-11-13(9)17-8-7-16-11/h1-6H,7-8H2. The van der Waals surface area contributed by atoms with Gasteiger partial charge >= 0.3 is 0 Å². The SMILES string of the molecule is O=C(c1ccco1)c1cccc2c1OCCO2. The third kappa shape index (κ3) is 1.67. The molecule has 3 rings (SSSR count). The smallest absolute Gasteiger partial charge is 0.232 e. The van der Waals surface area contributed by atoms with Crippen molar-refractivity contribution in [3.63, 3.8) is 0 Å². The molecule has 0 aliphatic carbocycles. The zero-order valence-corrected chi connectivity index (χ0v) is 9.01. The van der Waals surface area contributed by atoms with Gasteiger partial charge in [0.05, 0.1) is 11.8 Å². The van der Waals surface area contributed by atoms with Crippen molar-refractivity contribution in [2.75, 3.05) is 13.2 Å². The molecular formula is C13H10O4. The summed E-state index contributed by atoms with van der Waals surface area (Å²) in [7, 11) is 0. The zero-order valence-electron chi connectivity index (χ0n) is 9.01. The summed E-state index contributed by atoms with van der Waals surface area (Å²) in [5.74, 6) is 1.21. The number of carbonyl (C=O) groups excluding carboxylic acids is 1. The van der Waals surface area contributed by atoms with Crippen LogP contribution in [0.25, 0.3) is 0 Å². The van der Waals surface area contributed by atoms with Crippen molar-refractivity contribution in [2.24, 2.45) is 0 Å². The molecule has 0 unspecified atom stereocenters. The molecule has 0 bridgehead atoms. The first-order chi connectivity index (χ1) is 8.36. The van der Waals surface area contributed by atoms with Gasteiger partial charge in [0.2, 0.25) is 5.78 Å². The minimum atomic E-state index is -0.197. The molecule has 0 saturated carbocycles. The predicted molar refractivity (Wildman–Crippen MR) is 59.6 cm³/mol. The average molecular weight is 230 g/mol. The Morgan fingerprint density at radius 1 is 1.06 bits per heavy atom. The lowest BCUT2D eigenvalue weighted by molar-refractivity contribution is 0.0998. The highest BCUT2D eigenvalue weighted by atomic mass is 16.6. The van der Waals surface area contributed by atoms with Gasteiger partial charge < -0.3 is 13.9 Å². The first-order valence-corrected chi connectivity index (χ1v) is 5.33. The van der Waals surface area contributed by atoms with Gasteiger partial charge in [-0.05, 0) is 24.3 Å². The van der Waals surface area contributed by atoms with Crippen LogP contribution in [-0.2, 0) is 0 Å². The fourth-order valence-corrected chi connectivity index (χ4v) is 1.79. The Labute approximate surface area is 97.8 Å². The quantitative estimate of drug-likeness (QED) is 0.742. The minimum absolute atomic E-state index is 0.197. The maximum absolute atomic E-state index is 12.2. The van der Waals surface area contributed by atoms with Crippen molar-refractivity contribution >= 4 is 5.78 Å². The van der Waals surface area contributed by atoms with Gasteiger partial charge in [-0.2, -0.15) is 0 Å². The van der Waals surface area contributed by atoms with Gasteiger partial charge in [-0.25, -0.2) is 0 Å². The fourth-order valence-electron chi connectivity index (χ4n) is 1.79. The maximum atomic E-state index is 12.2. The molecule has 2 aromatic rings. The molecule has 1 aromatic carbocycles. The van der Waals surface area contributed by atoms with E-state index in [1.165, 1.54) is 6.26 Å². The molecule has 0 atom stereocenters. The Hall–Kier alpha value is -2.23. The number of fused-ring (bicyclic) bond motifs is 1. The number of hydrogen-bond acceptors (Lipinski definition) is 4. The highest BCUT2D eigenvalue weighted by Crippen LogP contribution is 2.34. The van der Waals surface area contributed by atoms with Crippen LogP contribution in [0, 0.1) is 0 Å². The molecule has 0 radical (unpaired) electrons. The van der Waals surface area contributed by atoms with Crippen molar-refractivity contribution in [1.29, 1.82) is 0 Å². The number of rotatable bonds is 2. The average Bonchev–Trinajstić information content (AvgIpc) is 2.91. The van der Waals surface area contributed by atoms with Crippen LogP contribution >= 0.6 is 0 Å². The molecule has 86 valence electrons. The summed E-state index contributed by atoms with van der Waals surface area (Å²) in [5.41, 5.74) is 0.470. The van der Waals surface area contributed by atoms with E-state index in [1.807, 2.05) is 0 Å². The third-order valence-corrected chi connectivity index (χ3v) is 2.56. The third-order valence-electron chi connectivity index (χ3n) is 2.56. The zero-order chi connectivity index (χ0) is 11.7. The Kier molecular flexibility index (Phi) is 2.33. The van der Waals surface area contributed by atoms with Crippen molar-refractivity contribution in [3.8, 4) is 11.5 Å². The van der Waals surface area contributed by atoms with Crippen molar-refractivity contribution < 1.29 is 18.7 Å². The van der Waals surface area contributed by atoms with Crippen LogP contribution in [0.4, 0.5) is 0 Å². The summed E-state index contributed by atoms with van der Waals surface area (Å²) in [4.78, 5) is 12.2. The van der Waals surface area contributed by atoms with E-state index >= 15 is 0 Å². The maximum Gasteiger partial charge on any atom is 0.232 e. The second-order valence-electron chi connectivity index (χ2n) is 3.64. The summed E-state index contributed by atoms with van der Waals surface area (Å²) < 4.78 is 16.0. The predicted octanol–water partition coefficient (Wildman–Crippen LogP) is 2.28. The monoisotopic (exact) mass is 230 g/mol. The molecule has 2 heterocycles. The van der Waals surface area contributed by atoms with Crippen molar-refractivity contribution in [2.45, 2.75) is 0 Å². The van der Waals surface area contributed by atoms with E-state index in [2.05, 4.69) is 0 Å². The first-order valence-electron chi connectivity index (χ1n) is 5.33. The van der Waals surface area contributed by atoms with E-state index in [-0.39, 0.29) is 5.78 Å². The summed E-state index contributed by atoms with van der Waals surface area (Å²) in [6.07, 6.45) is 1.47. The first kappa shape index (κ1) is 9.96. The number of furan rings is 1. The second kappa shape index (κ2) is 3.97. The van der Waals surface area contributed by atoms with Crippen LogP contribution < -0.4 is 9.47 Å². The normalized spacial score (nSPS) is 13.4. The molecule has 4 nitrogen and oxygen atoms in total. The molecule has 1 aromatic heterocycles. The topological polar surface area (TPSA) is 48.7 Å². The molecule has 0 saturated heterocycles. The summed E-state index contributed by atoms with van der Waals surface area (Å²) >= 11 is 0. The number of ketones is 1. The minimum Gasteiger partial charge on any atom is -0.486 e. The van der Waals surface area contributed by atoms with Crippen LogP contribution in [-0.4, -0.2) is 19.0 Å². The van der Waals surface area contributed by atoms with Crippen molar-refractivity contribution in [3.05, 3.63) is 47.9 Å². The van der Waals surface area contributed by atoms with Crippen LogP contribution in [0.5, 0.6) is 11.5 Å². The summed E-state index contributed by atoms with van der Waals surface area (Å²) in [6, 6.07) is 8.57. The van der Waals surface area contributed by atoms with Gasteiger partial charge in [-0.3, -0.25) is 4.79 Å². The van der Waals surface area contributed by atoms with E-state index in [0.717, 1.165) is 0 Å². The second-order valence-corrected chi connectivity index (χ2v) is 3.64. The van der Waals surface area contributed by atoms with Crippen molar-refractivity contribution in [1.82, 2.24) is 0 Å². The molecule has 1 aliphatic heterocycles. The van der Waals surface area contributed by atoms with E-state index in [4.69, 9.17) is 13.9 Å². The number of para-hydroxylation sites is 1. The molecule has 4 heteroatoms. The van der Waals surface area contributed by atoms with Gasteiger partial charge in [0, 0.05) is 0 Å². The number of hydrogen-bond donors (Lipinski definition) is 0. The molecule has 0 spiro atoms. The number of ether oxygens (including phenoxy) is 2. The molecular weight excluding hydrogens is 220 g/mol. The van der Waals surface area contributed by atoms with Gasteiger partial charge in [-0.15, -0.1) is 0 Å². The Morgan fingerprint density at radius 2 is 1.94 bits per heavy atom. The fraction of sp³-hybridized carbons (Fsp3) is 0.154.